The highest BCUT2D eigenvalue weighted by Gasteiger charge is 2.01. The minimum absolute atomic E-state index is 0.667. The summed E-state index contributed by atoms with van der Waals surface area (Å²) in [6, 6.07) is 11.1. The van der Waals surface area contributed by atoms with Gasteiger partial charge >= 0.3 is 0 Å². The fourth-order valence-corrected chi connectivity index (χ4v) is 2.17. The number of carbonyl (C=O) groups is 1. The molecule has 0 N–H and O–H groups in total. The van der Waals surface area contributed by atoms with Gasteiger partial charge in [0.25, 0.3) is 0 Å². The van der Waals surface area contributed by atoms with Gasteiger partial charge in [0.1, 0.15) is 5.75 Å². The fraction of sp³-hybridized carbons (Fsp3) is 0. The summed E-state index contributed by atoms with van der Waals surface area (Å²) in [5.41, 5.74) is 0. The summed E-state index contributed by atoms with van der Waals surface area (Å²) in [5, 5.41) is 0.718. The van der Waals surface area contributed by atoms with Crippen LogP contribution >= 0.6 is 27.3 Å². The van der Waals surface area contributed by atoms with Crippen molar-refractivity contribution in [1.82, 2.24) is 0 Å². The summed E-state index contributed by atoms with van der Waals surface area (Å²) >= 11 is 4.69. The fourth-order valence-electron chi connectivity index (χ4n) is 1.10. The predicted octanol–water partition coefficient (Wildman–Crippen LogP) is 4.12. The van der Waals surface area contributed by atoms with Gasteiger partial charge in [-0.05, 0) is 30.3 Å². The molecule has 0 atom stereocenters. The summed E-state index contributed by atoms with van der Waals surface area (Å²) in [5.74, 6) is 0.753. The Bertz CT molecular complexity index is 479. The third-order valence-corrected chi connectivity index (χ3v) is 3.11. The molecule has 1 aromatic carbocycles. The molecule has 0 radical (unpaired) electrons. The van der Waals surface area contributed by atoms with Crippen LogP contribution in [0.2, 0.25) is 0 Å². The van der Waals surface area contributed by atoms with Gasteiger partial charge in [-0.15, -0.1) is 0 Å². The Labute approximate surface area is 99.6 Å². The lowest BCUT2D eigenvalue weighted by molar-refractivity contribution is 0.112. The number of hydrogen-bond acceptors (Lipinski definition) is 3. The van der Waals surface area contributed by atoms with E-state index < -0.39 is 0 Å². The van der Waals surface area contributed by atoms with Crippen molar-refractivity contribution in [3.05, 3.63) is 45.7 Å². The molecule has 2 rings (SSSR count). The van der Waals surface area contributed by atoms with Crippen molar-refractivity contribution in [1.29, 1.82) is 0 Å². The highest BCUT2D eigenvalue weighted by Crippen LogP contribution is 2.29. The Morgan fingerprint density at radius 3 is 2.80 bits per heavy atom. The average molecular weight is 283 g/mol. The Morgan fingerprint density at radius 2 is 2.13 bits per heavy atom. The molecule has 1 heterocycles. The summed E-state index contributed by atoms with van der Waals surface area (Å²) in [4.78, 5) is 11.1. The van der Waals surface area contributed by atoms with Gasteiger partial charge in [-0.25, -0.2) is 0 Å². The number of halogens is 1. The molecule has 0 saturated heterocycles. The number of rotatable bonds is 3. The molecule has 0 spiro atoms. The second kappa shape index (κ2) is 4.59. The number of carbonyl (C=O) groups excluding carboxylic acids is 1. The number of thiophene rings is 1. The predicted molar refractivity (Wildman–Crippen MR) is 63.9 cm³/mol. The highest BCUT2D eigenvalue weighted by atomic mass is 79.9. The lowest BCUT2D eigenvalue weighted by atomic mass is 10.3. The van der Waals surface area contributed by atoms with Crippen LogP contribution in [0.5, 0.6) is 10.8 Å². The molecule has 4 heteroatoms. The molecule has 1 aromatic heterocycles. The van der Waals surface area contributed by atoms with Gasteiger partial charge in [0.2, 0.25) is 0 Å². The second-order valence-corrected chi connectivity index (χ2v) is 4.83. The summed E-state index contributed by atoms with van der Waals surface area (Å²) < 4.78 is 6.54. The topological polar surface area (TPSA) is 26.3 Å². The first kappa shape index (κ1) is 10.4. The largest absolute Gasteiger partial charge is 0.447 e. The van der Waals surface area contributed by atoms with Gasteiger partial charge < -0.3 is 4.74 Å². The van der Waals surface area contributed by atoms with Gasteiger partial charge in [0.05, 0.1) is 4.88 Å². The molecule has 0 saturated carbocycles. The number of ether oxygens (including phenoxy) is 1. The molecule has 15 heavy (non-hydrogen) atoms. The Morgan fingerprint density at radius 1 is 1.27 bits per heavy atom. The lowest BCUT2D eigenvalue weighted by Gasteiger charge is -2.01. The van der Waals surface area contributed by atoms with E-state index in [2.05, 4.69) is 15.9 Å². The Balaban J connectivity index is 2.18. The second-order valence-electron chi connectivity index (χ2n) is 2.83. The maximum Gasteiger partial charge on any atom is 0.181 e. The van der Waals surface area contributed by atoms with E-state index in [1.54, 1.807) is 12.1 Å². The lowest BCUT2D eigenvalue weighted by Crippen LogP contribution is -1.79. The van der Waals surface area contributed by atoms with Crippen LogP contribution in [0.15, 0.2) is 40.9 Å². The van der Waals surface area contributed by atoms with Gasteiger partial charge in [-0.3, -0.25) is 4.79 Å². The highest BCUT2D eigenvalue weighted by molar-refractivity contribution is 9.10. The zero-order valence-electron chi connectivity index (χ0n) is 7.64. The van der Waals surface area contributed by atoms with Crippen molar-refractivity contribution >= 4 is 33.6 Å². The van der Waals surface area contributed by atoms with Crippen LogP contribution in [-0.2, 0) is 0 Å². The molecule has 0 aliphatic carbocycles. The molecule has 76 valence electrons. The molecule has 0 aliphatic rings. The van der Waals surface area contributed by atoms with Crippen LogP contribution < -0.4 is 4.74 Å². The summed E-state index contributed by atoms with van der Waals surface area (Å²) in [7, 11) is 0. The van der Waals surface area contributed by atoms with Crippen LogP contribution in [0, 0.1) is 0 Å². The average Bonchev–Trinajstić information content (AvgIpc) is 2.65. The molecule has 0 amide bonds. The molecule has 0 fully saturated rings. The first-order chi connectivity index (χ1) is 7.28. The Hall–Kier alpha value is -1.13. The molecular formula is C11H7BrO2S. The van der Waals surface area contributed by atoms with Gasteiger partial charge in [-0.1, -0.05) is 33.3 Å². The van der Waals surface area contributed by atoms with Crippen LogP contribution in [-0.4, -0.2) is 6.29 Å². The van der Waals surface area contributed by atoms with Crippen molar-refractivity contribution in [3.8, 4) is 10.8 Å². The monoisotopic (exact) mass is 282 g/mol. The number of hydrogen-bond donors (Lipinski definition) is 0. The maximum absolute atomic E-state index is 10.5. The molecule has 0 aliphatic heterocycles. The van der Waals surface area contributed by atoms with Crippen molar-refractivity contribution in [2.24, 2.45) is 0 Å². The third-order valence-electron chi connectivity index (χ3n) is 1.73. The van der Waals surface area contributed by atoms with Crippen LogP contribution in [0.3, 0.4) is 0 Å². The number of aldehydes is 1. The van der Waals surface area contributed by atoms with Gasteiger partial charge in [-0.2, -0.15) is 0 Å². The van der Waals surface area contributed by atoms with E-state index >= 15 is 0 Å². The first-order valence-corrected chi connectivity index (χ1v) is 5.87. The SMILES string of the molecule is O=Cc1ccc(Oc2cccc(Br)c2)s1. The molecular weight excluding hydrogens is 276 g/mol. The molecule has 2 nitrogen and oxygen atoms in total. The molecule has 0 bridgehead atoms. The van der Waals surface area contributed by atoms with E-state index in [1.165, 1.54) is 11.3 Å². The van der Waals surface area contributed by atoms with Crippen molar-refractivity contribution in [3.63, 3.8) is 0 Å². The van der Waals surface area contributed by atoms with E-state index in [1.807, 2.05) is 24.3 Å². The van der Waals surface area contributed by atoms with Crippen LogP contribution in [0.4, 0.5) is 0 Å². The number of benzene rings is 1. The summed E-state index contributed by atoms with van der Waals surface area (Å²) in [6.07, 6.45) is 0.818. The quantitative estimate of drug-likeness (QED) is 0.792. The van der Waals surface area contributed by atoms with E-state index in [0.717, 1.165) is 21.6 Å². The van der Waals surface area contributed by atoms with E-state index in [9.17, 15) is 4.79 Å². The van der Waals surface area contributed by atoms with Crippen LogP contribution in [0.1, 0.15) is 9.67 Å². The minimum atomic E-state index is 0.667. The van der Waals surface area contributed by atoms with E-state index in [0.29, 0.717) is 4.88 Å². The van der Waals surface area contributed by atoms with E-state index in [4.69, 9.17) is 4.74 Å². The maximum atomic E-state index is 10.5. The van der Waals surface area contributed by atoms with Crippen molar-refractivity contribution in [2.75, 3.05) is 0 Å². The normalized spacial score (nSPS) is 9.93. The first-order valence-electron chi connectivity index (χ1n) is 4.26. The van der Waals surface area contributed by atoms with Crippen molar-refractivity contribution in [2.45, 2.75) is 0 Å². The minimum Gasteiger partial charge on any atom is -0.447 e. The summed E-state index contributed by atoms with van der Waals surface area (Å²) in [6.45, 7) is 0. The smallest absolute Gasteiger partial charge is 0.181 e. The molecule has 0 unspecified atom stereocenters. The van der Waals surface area contributed by atoms with Crippen LogP contribution in [0.25, 0.3) is 0 Å². The van der Waals surface area contributed by atoms with E-state index in [-0.39, 0.29) is 0 Å². The zero-order valence-corrected chi connectivity index (χ0v) is 10.0. The standard InChI is InChI=1S/C11H7BrO2S/c12-8-2-1-3-9(6-8)14-11-5-4-10(7-13)15-11/h1-7H. The third kappa shape index (κ3) is 2.67. The van der Waals surface area contributed by atoms with Gasteiger partial charge in [0, 0.05) is 4.47 Å². The zero-order chi connectivity index (χ0) is 10.7. The Kier molecular flexibility index (Phi) is 3.18. The van der Waals surface area contributed by atoms with Gasteiger partial charge in [0.15, 0.2) is 11.3 Å². The molecule has 2 aromatic rings. The van der Waals surface area contributed by atoms with Crippen molar-refractivity contribution < 1.29 is 9.53 Å².